The molecule has 0 amide bonds. The van der Waals surface area contributed by atoms with Gasteiger partial charge in [0.2, 0.25) is 0 Å². The number of nitrogens with zero attached hydrogens (tertiary/aromatic N) is 2. The van der Waals surface area contributed by atoms with Crippen molar-refractivity contribution < 1.29 is 4.74 Å². The predicted molar refractivity (Wildman–Crippen MR) is 67.8 cm³/mol. The van der Waals surface area contributed by atoms with E-state index in [0.717, 1.165) is 17.0 Å². The summed E-state index contributed by atoms with van der Waals surface area (Å²) in [6, 6.07) is 7.56. The van der Waals surface area contributed by atoms with Gasteiger partial charge >= 0.3 is 0 Å². The van der Waals surface area contributed by atoms with E-state index in [0.29, 0.717) is 0 Å². The summed E-state index contributed by atoms with van der Waals surface area (Å²) in [5.74, 6) is 6.39. The fourth-order valence-electron chi connectivity index (χ4n) is 1.71. The molecule has 2 rings (SSSR count). The SMILES string of the molecule is CC(C)Oc1ccc(C(NN)c2cn[nH]n2)cc1. The summed E-state index contributed by atoms with van der Waals surface area (Å²) in [4.78, 5) is 0. The maximum absolute atomic E-state index is 5.59. The van der Waals surface area contributed by atoms with Crippen molar-refractivity contribution in [3.63, 3.8) is 0 Å². The monoisotopic (exact) mass is 247 g/mol. The highest BCUT2D eigenvalue weighted by Crippen LogP contribution is 2.22. The number of nitrogens with one attached hydrogen (secondary N) is 2. The largest absolute Gasteiger partial charge is 0.491 e. The lowest BCUT2D eigenvalue weighted by atomic mass is 10.1. The number of benzene rings is 1. The number of rotatable bonds is 5. The molecule has 0 fully saturated rings. The van der Waals surface area contributed by atoms with Gasteiger partial charge in [0.1, 0.15) is 11.4 Å². The van der Waals surface area contributed by atoms with Gasteiger partial charge < -0.3 is 4.74 Å². The third kappa shape index (κ3) is 2.85. The van der Waals surface area contributed by atoms with Gasteiger partial charge in [-0.2, -0.15) is 15.4 Å². The minimum atomic E-state index is -0.183. The van der Waals surface area contributed by atoms with E-state index in [1.54, 1.807) is 6.20 Å². The second-order valence-electron chi connectivity index (χ2n) is 4.23. The van der Waals surface area contributed by atoms with Crippen LogP contribution in [-0.2, 0) is 0 Å². The number of hydrogen-bond acceptors (Lipinski definition) is 5. The van der Waals surface area contributed by atoms with Crippen LogP contribution in [0.4, 0.5) is 0 Å². The molecule has 1 aromatic heterocycles. The van der Waals surface area contributed by atoms with Crippen molar-refractivity contribution in [2.24, 2.45) is 5.84 Å². The summed E-state index contributed by atoms with van der Waals surface area (Å²) in [7, 11) is 0. The van der Waals surface area contributed by atoms with E-state index < -0.39 is 0 Å². The van der Waals surface area contributed by atoms with Crippen LogP contribution >= 0.6 is 0 Å². The molecular formula is C12H17N5O. The molecule has 18 heavy (non-hydrogen) atoms. The van der Waals surface area contributed by atoms with Gasteiger partial charge in [-0.1, -0.05) is 12.1 Å². The molecule has 4 N–H and O–H groups in total. The Balaban J connectivity index is 2.17. The first-order valence-corrected chi connectivity index (χ1v) is 5.79. The first-order chi connectivity index (χ1) is 8.70. The third-order valence-corrected chi connectivity index (χ3v) is 2.48. The maximum atomic E-state index is 5.59. The van der Waals surface area contributed by atoms with Gasteiger partial charge in [0.15, 0.2) is 0 Å². The molecule has 0 spiro atoms. The van der Waals surface area contributed by atoms with E-state index in [2.05, 4.69) is 20.8 Å². The van der Waals surface area contributed by atoms with Gasteiger partial charge in [0.05, 0.1) is 18.3 Å². The van der Waals surface area contributed by atoms with Crippen molar-refractivity contribution in [1.82, 2.24) is 20.8 Å². The number of ether oxygens (including phenoxy) is 1. The number of aromatic nitrogens is 3. The minimum Gasteiger partial charge on any atom is -0.491 e. The van der Waals surface area contributed by atoms with Gasteiger partial charge in [-0.05, 0) is 31.5 Å². The van der Waals surface area contributed by atoms with Crippen molar-refractivity contribution in [1.29, 1.82) is 0 Å². The molecule has 1 unspecified atom stereocenters. The third-order valence-electron chi connectivity index (χ3n) is 2.48. The molecule has 0 saturated carbocycles. The van der Waals surface area contributed by atoms with Crippen molar-refractivity contribution in [2.45, 2.75) is 26.0 Å². The second kappa shape index (κ2) is 5.61. The van der Waals surface area contributed by atoms with E-state index in [-0.39, 0.29) is 12.1 Å². The summed E-state index contributed by atoms with van der Waals surface area (Å²) in [6.07, 6.45) is 1.80. The Hall–Kier alpha value is -1.92. The maximum Gasteiger partial charge on any atom is 0.119 e. The van der Waals surface area contributed by atoms with E-state index >= 15 is 0 Å². The molecule has 0 aliphatic carbocycles. The molecular weight excluding hydrogens is 230 g/mol. The van der Waals surface area contributed by atoms with Gasteiger partial charge in [-0.3, -0.25) is 5.84 Å². The number of aromatic amines is 1. The fourth-order valence-corrected chi connectivity index (χ4v) is 1.71. The van der Waals surface area contributed by atoms with Crippen LogP contribution in [-0.4, -0.2) is 21.5 Å². The smallest absolute Gasteiger partial charge is 0.119 e. The van der Waals surface area contributed by atoms with E-state index in [1.807, 2.05) is 38.1 Å². The standard InChI is InChI=1S/C12H17N5O/c1-8(2)18-10-5-3-9(4-6-10)12(15-13)11-7-14-17-16-11/h3-8,12,15H,13H2,1-2H3,(H,14,16,17). The molecule has 0 radical (unpaired) electrons. The van der Waals surface area contributed by atoms with Crippen molar-refractivity contribution in [3.8, 4) is 5.75 Å². The molecule has 96 valence electrons. The lowest BCUT2D eigenvalue weighted by molar-refractivity contribution is 0.242. The number of hydrazine groups is 1. The number of nitrogens with two attached hydrogens (primary N) is 1. The zero-order valence-electron chi connectivity index (χ0n) is 10.4. The molecule has 1 heterocycles. The van der Waals surface area contributed by atoms with Crippen LogP contribution in [0.25, 0.3) is 0 Å². The predicted octanol–water partition coefficient (Wildman–Crippen LogP) is 1.14. The van der Waals surface area contributed by atoms with Crippen LogP contribution in [0.1, 0.15) is 31.1 Å². The average molecular weight is 247 g/mol. The van der Waals surface area contributed by atoms with Crippen LogP contribution in [0.5, 0.6) is 5.75 Å². The molecule has 1 aromatic carbocycles. The number of H-pyrrole nitrogens is 1. The normalized spacial score (nSPS) is 12.7. The summed E-state index contributed by atoms with van der Waals surface area (Å²) in [5, 5.41) is 10.4. The van der Waals surface area contributed by atoms with Gasteiger partial charge in [0.25, 0.3) is 0 Å². The molecule has 1 atom stereocenters. The van der Waals surface area contributed by atoms with Crippen molar-refractivity contribution in [3.05, 3.63) is 41.7 Å². The van der Waals surface area contributed by atoms with Crippen LogP contribution in [0.3, 0.4) is 0 Å². The molecule has 0 bridgehead atoms. The Morgan fingerprint density at radius 2 is 2.00 bits per heavy atom. The second-order valence-corrected chi connectivity index (χ2v) is 4.23. The lowest BCUT2D eigenvalue weighted by Gasteiger charge is -2.15. The van der Waals surface area contributed by atoms with Crippen LogP contribution in [0, 0.1) is 0 Å². The number of hydrogen-bond donors (Lipinski definition) is 3. The molecule has 0 aliphatic rings. The van der Waals surface area contributed by atoms with Crippen LogP contribution in [0.2, 0.25) is 0 Å². The summed E-state index contributed by atoms with van der Waals surface area (Å²) in [6.45, 7) is 3.99. The van der Waals surface area contributed by atoms with E-state index in [4.69, 9.17) is 10.6 Å². The molecule has 2 aromatic rings. The van der Waals surface area contributed by atoms with Crippen molar-refractivity contribution >= 4 is 0 Å². The zero-order valence-corrected chi connectivity index (χ0v) is 10.4. The highest BCUT2D eigenvalue weighted by Gasteiger charge is 2.14. The van der Waals surface area contributed by atoms with Gasteiger partial charge in [0, 0.05) is 0 Å². The Labute approximate surface area is 106 Å². The highest BCUT2D eigenvalue weighted by atomic mass is 16.5. The first-order valence-electron chi connectivity index (χ1n) is 5.79. The molecule has 6 nitrogen and oxygen atoms in total. The Bertz CT molecular complexity index is 466. The Morgan fingerprint density at radius 1 is 1.28 bits per heavy atom. The zero-order chi connectivity index (χ0) is 13.0. The quantitative estimate of drug-likeness (QED) is 0.544. The summed E-state index contributed by atoms with van der Waals surface area (Å²) >= 11 is 0. The Kier molecular flexibility index (Phi) is 3.91. The lowest BCUT2D eigenvalue weighted by Crippen LogP contribution is -2.29. The molecule has 0 saturated heterocycles. The molecule has 6 heteroatoms. The average Bonchev–Trinajstić information content (AvgIpc) is 2.85. The minimum absolute atomic E-state index is 0.162. The first kappa shape index (κ1) is 12.5. The Morgan fingerprint density at radius 3 is 2.50 bits per heavy atom. The summed E-state index contributed by atoms with van der Waals surface area (Å²) < 4.78 is 5.59. The van der Waals surface area contributed by atoms with Crippen LogP contribution < -0.4 is 16.0 Å². The van der Waals surface area contributed by atoms with E-state index in [9.17, 15) is 0 Å². The summed E-state index contributed by atoms with van der Waals surface area (Å²) in [5.41, 5.74) is 4.47. The fraction of sp³-hybridized carbons (Fsp3) is 0.333. The van der Waals surface area contributed by atoms with Gasteiger partial charge in [-0.25, -0.2) is 5.43 Å². The van der Waals surface area contributed by atoms with Crippen LogP contribution in [0.15, 0.2) is 30.5 Å². The van der Waals surface area contributed by atoms with E-state index in [1.165, 1.54) is 0 Å². The topological polar surface area (TPSA) is 88.9 Å². The molecule has 0 aliphatic heterocycles. The van der Waals surface area contributed by atoms with Gasteiger partial charge in [-0.15, -0.1) is 0 Å². The van der Waals surface area contributed by atoms with Crippen molar-refractivity contribution in [2.75, 3.05) is 0 Å². The highest BCUT2D eigenvalue weighted by molar-refractivity contribution is 5.32.